The van der Waals surface area contributed by atoms with Crippen molar-refractivity contribution >= 4 is 0 Å². The van der Waals surface area contributed by atoms with Crippen LogP contribution >= 0.6 is 0 Å². The van der Waals surface area contributed by atoms with Crippen molar-refractivity contribution in [3.63, 3.8) is 0 Å². The van der Waals surface area contributed by atoms with Crippen LogP contribution in [-0.2, 0) is 0 Å². The Hall–Kier alpha value is -0.0800. The molecule has 15 heavy (non-hydrogen) atoms. The summed E-state index contributed by atoms with van der Waals surface area (Å²) in [5.74, 6) is 2.66. The standard InChI is InChI=1S/C13H26N2/c1-10-4-5-12(3)15(8-10)9-13-7-14-6-11(13)2/h10-14H,4-9H2,1-3H3/t10?,11-,12?,13+/m1/s1. The average molecular weight is 210 g/mol. The predicted octanol–water partition coefficient (Wildman–Crippen LogP) is 1.96. The number of nitrogens with zero attached hydrogens (tertiary/aromatic N) is 1. The van der Waals surface area contributed by atoms with E-state index in [9.17, 15) is 0 Å². The maximum Gasteiger partial charge on any atom is 0.00672 e. The molecular formula is C13H26N2. The van der Waals surface area contributed by atoms with Crippen LogP contribution in [0.15, 0.2) is 0 Å². The van der Waals surface area contributed by atoms with Crippen LogP contribution in [0.2, 0.25) is 0 Å². The molecule has 0 amide bonds. The molecule has 0 aliphatic carbocycles. The molecule has 0 saturated carbocycles. The Bertz CT molecular complexity index is 205. The van der Waals surface area contributed by atoms with E-state index >= 15 is 0 Å². The summed E-state index contributed by atoms with van der Waals surface area (Å²) in [4.78, 5) is 2.72. The fourth-order valence-electron chi connectivity index (χ4n) is 3.04. The molecule has 2 unspecified atom stereocenters. The average Bonchev–Trinajstić information content (AvgIpc) is 2.58. The number of likely N-dealkylation sites (tertiary alicyclic amines) is 1. The molecule has 2 rings (SSSR count). The maximum absolute atomic E-state index is 3.51. The van der Waals surface area contributed by atoms with E-state index in [0.29, 0.717) is 0 Å². The minimum Gasteiger partial charge on any atom is -0.316 e. The monoisotopic (exact) mass is 210 g/mol. The highest BCUT2D eigenvalue weighted by atomic mass is 15.2. The fourth-order valence-corrected chi connectivity index (χ4v) is 3.04. The second-order valence-corrected chi connectivity index (χ2v) is 5.88. The first kappa shape index (κ1) is 11.4. The first-order chi connectivity index (χ1) is 7.16. The third-order valence-electron chi connectivity index (χ3n) is 4.39. The lowest BCUT2D eigenvalue weighted by Crippen LogP contribution is -2.44. The van der Waals surface area contributed by atoms with E-state index in [-0.39, 0.29) is 0 Å². The van der Waals surface area contributed by atoms with Gasteiger partial charge in [-0.25, -0.2) is 0 Å². The number of hydrogen-bond donors (Lipinski definition) is 1. The zero-order valence-electron chi connectivity index (χ0n) is 10.5. The molecule has 2 heteroatoms. The summed E-state index contributed by atoms with van der Waals surface area (Å²) in [5.41, 5.74) is 0. The highest BCUT2D eigenvalue weighted by Crippen LogP contribution is 2.25. The Balaban J connectivity index is 1.86. The van der Waals surface area contributed by atoms with Crippen molar-refractivity contribution < 1.29 is 0 Å². The normalized spacial score (nSPS) is 43.4. The van der Waals surface area contributed by atoms with Crippen molar-refractivity contribution in [2.24, 2.45) is 17.8 Å². The van der Waals surface area contributed by atoms with Crippen molar-refractivity contribution in [1.82, 2.24) is 10.2 Å². The van der Waals surface area contributed by atoms with Gasteiger partial charge in [0.2, 0.25) is 0 Å². The van der Waals surface area contributed by atoms with Gasteiger partial charge in [0.1, 0.15) is 0 Å². The number of rotatable bonds is 2. The van der Waals surface area contributed by atoms with E-state index in [1.54, 1.807) is 0 Å². The smallest absolute Gasteiger partial charge is 0.00672 e. The van der Waals surface area contributed by atoms with Gasteiger partial charge in [0, 0.05) is 19.1 Å². The molecular weight excluding hydrogens is 184 g/mol. The molecule has 0 spiro atoms. The summed E-state index contributed by atoms with van der Waals surface area (Å²) in [6.45, 7) is 12.3. The highest BCUT2D eigenvalue weighted by molar-refractivity contribution is 4.84. The van der Waals surface area contributed by atoms with Gasteiger partial charge in [-0.15, -0.1) is 0 Å². The van der Waals surface area contributed by atoms with Gasteiger partial charge in [-0.05, 0) is 50.6 Å². The number of piperidine rings is 1. The lowest BCUT2D eigenvalue weighted by Gasteiger charge is -2.38. The molecule has 0 aromatic rings. The van der Waals surface area contributed by atoms with Crippen molar-refractivity contribution in [2.45, 2.75) is 39.7 Å². The predicted molar refractivity (Wildman–Crippen MR) is 65.0 cm³/mol. The Morgan fingerprint density at radius 1 is 1.13 bits per heavy atom. The summed E-state index contributed by atoms with van der Waals surface area (Å²) < 4.78 is 0. The van der Waals surface area contributed by atoms with Crippen LogP contribution < -0.4 is 5.32 Å². The molecule has 0 aromatic carbocycles. The van der Waals surface area contributed by atoms with E-state index in [1.807, 2.05) is 0 Å². The van der Waals surface area contributed by atoms with E-state index in [2.05, 4.69) is 31.0 Å². The van der Waals surface area contributed by atoms with Crippen LogP contribution in [0.5, 0.6) is 0 Å². The van der Waals surface area contributed by atoms with Crippen LogP contribution in [0.3, 0.4) is 0 Å². The molecule has 2 heterocycles. The topological polar surface area (TPSA) is 15.3 Å². The summed E-state index contributed by atoms with van der Waals surface area (Å²) in [5, 5.41) is 3.51. The van der Waals surface area contributed by atoms with Crippen LogP contribution in [-0.4, -0.2) is 37.1 Å². The van der Waals surface area contributed by atoms with Gasteiger partial charge in [0.25, 0.3) is 0 Å². The second kappa shape index (κ2) is 4.84. The van der Waals surface area contributed by atoms with Gasteiger partial charge in [-0.1, -0.05) is 13.8 Å². The maximum atomic E-state index is 3.51. The van der Waals surface area contributed by atoms with Crippen LogP contribution in [0.4, 0.5) is 0 Å². The van der Waals surface area contributed by atoms with E-state index in [0.717, 1.165) is 23.8 Å². The van der Waals surface area contributed by atoms with Gasteiger partial charge in [-0.3, -0.25) is 0 Å². The largest absolute Gasteiger partial charge is 0.316 e. The third kappa shape index (κ3) is 2.73. The van der Waals surface area contributed by atoms with Crippen molar-refractivity contribution in [2.75, 3.05) is 26.2 Å². The Labute approximate surface area is 94.4 Å². The van der Waals surface area contributed by atoms with E-state index in [4.69, 9.17) is 0 Å². The van der Waals surface area contributed by atoms with Crippen LogP contribution in [0.1, 0.15) is 33.6 Å². The minimum atomic E-state index is 0.814. The fraction of sp³-hybridized carbons (Fsp3) is 1.00. The molecule has 2 aliphatic heterocycles. The van der Waals surface area contributed by atoms with E-state index in [1.165, 1.54) is 39.0 Å². The summed E-state index contributed by atoms with van der Waals surface area (Å²) >= 11 is 0. The first-order valence-electron chi connectivity index (χ1n) is 6.61. The Morgan fingerprint density at radius 3 is 2.60 bits per heavy atom. The molecule has 1 N–H and O–H groups in total. The molecule has 2 nitrogen and oxygen atoms in total. The van der Waals surface area contributed by atoms with Gasteiger partial charge < -0.3 is 10.2 Å². The number of hydrogen-bond acceptors (Lipinski definition) is 2. The van der Waals surface area contributed by atoms with Gasteiger partial charge in [0.15, 0.2) is 0 Å². The lowest BCUT2D eigenvalue weighted by molar-refractivity contribution is 0.101. The highest BCUT2D eigenvalue weighted by Gasteiger charge is 2.29. The molecule has 2 aliphatic rings. The SMILES string of the molecule is CC1CCC(C)N(C[C@@H]2CNC[C@H]2C)C1. The Morgan fingerprint density at radius 2 is 1.93 bits per heavy atom. The minimum absolute atomic E-state index is 0.814. The summed E-state index contributed by atoms with van der Waals surface area (Å²) in [7, 11) is 0. The van der Waals surface area contributed by atoms with Crippen LogP contribution in [0, 0.1) is 17.8 Å². The Kier molecular flexibility index (Phi) is 3.68. The van der Waals surface area contributed by atoms with E-state index < -0.39 is 0 Å². The lowest BCUT2D eigenvalue weighted by atomic mass is 9.91. The third-order valence-corrected chi connectivity index (χ3v) is 4.39. The molecule has 2 saturated heterocycles. The van der Waals surface area contributed by atoms with Crippen LogP contribution in [0.25, 0.3) is 0 Å². The van der Waals surface area contributed by atoms with Gasteiger partial charge >= 0.3 is 0 Å². The van der Waals surface area contributed by atoms with Gasteiger partial charge in [-0.2, -0.15) is 0 Å². The molecule has 0 bridgehead atoms. The molecule has 0 aromatic heterocycles. The van der Waals surface area contributed by atoms with Crippen molar-refractivity contribution in [1.29, 1.82) is 0 Å². The molecule has 0 radical (unpaired) electrons. The quantitative estimate of drug-likeness (QED) is 0.749. The number of nitrogens with one attached hydrogen (secondary N) is 1. The molecule has 2 fully saturated rings. The molecule has 4 atom stereocenters. The zero-order valence-corrected chi connectivity index (χ0v) is 10.5. The first-order valence-corrected chi connectivity index (χ1v) is 6.61. The van der Waals surface area contributed by atoms with Gasteiger partial charge in [0.05, 0.1) is 0 Å². The summed E-state index contributed by atoms with van der Waals surface area (Å²) in [6.07, 6.45) is 2.83. The van der Waals surface area contributed by atoms with Crippen molar-refractivity contribution in [3.8, 4) is 0 Å². The zero-order chi connectivity index (χ0) is 10.8. The van der Waals surface area contributed by atoms with Crippen molar-refractivity contribution in [3.05, 3.63) is 0 Å². The molecule has 88 valence electrons. The summed E-state index contributed by atoms with van der Waals surface area (Å²) in [6, 6.07) is 0.814. The second-order valence-electron chi connectivity index (χ2n) is 5.88.